The quantitative estimate of drug-likeness (QED) is 0.214. The molecule has 154 valence electrons. The number of thiazole rings is 1. The second kappa shape index (κ2) is 9.64. The van der Waals surface area contributed by atoms with Crippen LogP contribution in [0.1, 0.15) is 18.6 Å². The van der Waals surface area contributed by atoms with Crippen molar-refractivity contribution in [3.05, 3.63) is 77.5 Å². The largest absolute Gasteiger partial charge is 0.467 e. The predicted molar refractivity (Wildman–Crippen MR) is 121 cm³/mol. The second-order valence-electron chi connectivity index (χ2n) is 6.55. The fraction of sp³-hybridized carbons (Fsp3) is 0.182. The molecule has 4 rings (SSSR count). The molecule has 8 heteroatoms. The van der Waals surface area contributed by atoms with E-state index in [0.29, 0.717) is 33.5 Å². The van der Waals surface area contributed by atoms with Crippen LogP contribution in [0.5, 0.6) is 0 Å². The van der Waals surface area contributed by atoms with E-state index < -0.39 is 0 Å². The maximum atomic E-state index is 14.1. The molecule has 0 aliphatic heterocycles. The average Bonchev–Trinajstić information content (AvgIpc) is 3.41. The van der Waals surface area contributed by atoms with E-state index in [1.165, 1.54) is 17.4 Å². The number of carbonyl (C=O) groups is 1. The molecule has 0 radical (unpaired) electrons. The van der Waals surface area contributed by atoms with Crippen LogP contribution in [0.4, 0.5) is 9.52 Å². The molecule has 0 aliphatic rings. The molecule has 2 aromatic heterocycles. The molecular weight excluding hydrogens is 443 g/mol. The van der Waals surface area contributed by atoms with Gasteiger partial charge in [-0.1, -0.05) is 29.0 Å². The van der Waals surface area contributed by atoms with Gasteiger partial charge in [-0.3, -0.25) is 9.69 Å². The lowest BCUT2D eigenvalue weighted by Crippen LogP contribution is -2.30. The van der Waals surface area contributed by atoms with Crippen LogP contribution in [-0.4, -0.2) is 16.6 Å². The third-order valence-electron chi connectivity index (χ3n) is 4.40. The van der Waals surface area contributed by atoms with E-state index >= 15 is 0 Å². The van der Waals surface area contributed by atoms with Crippen molar-refractivity contribution in [2.45, 2.75) is 24.3 Å². The number of para-hydroxylation sites is 1. The van der Waals surface area contributed by atoms with Crippen molar-refractivity contribution in [2.75, 3.05) is 10.7 Å². The van der Waals surface area contributed by atoms with Crippen LogP contribution in [-0.2, 0) is 11.3 Å². The molecule has 30 heavy (non-hydrogen) atoms. The zero-order valence-electron chi connectivity index (χ0n) is 15.9. The Bertz CT molecular complexity index is 1130. The van der Waals surface area contributed by atoms with E-state index in [9.17, 15) is 9.18 Å². The summed E-state index contributed by atoms with van der Waals surface area (Å²) in [6, 6.07) is 16.0. The summed E-state index contributed by atoms with van der Waals surface area (Å²) in [7, 11) is 0. The van der Waals surface area contributed by atoms with Crippen LogP contribution in [0.25, 0.3) is 10.2 Å². The smallest absolute Gasteiger partial charge is 0.229 e. The molecule has 0 saturated carbocycles. The first-order valence-corrected chi connectivity index (χ1v) is 11.5. The first-order valence-electron chi connectivity index (χ1n) is 9.36. The van der Waals surface area contributed by atoms with Crippen LogP contribution >= 0.6 is 34.7 Å². The number of anilines is 1. The van der Waals surface area contributed by atoms with Crippen molar-refractivity contribution in [3.63, 3.8) is 0 Å². The molecule has 0 unspecified atom stereocenters. The number of carbonyl (C=O) groups excluding carboxylic acids is 1. The van der Waals surface area contributed by atoms with Gasteiger partial charge in [0.1, 0.15) is 17.1 Å². The van der Waals surface area contributed by atoms with Crippen molar-refractivity contribution < 1.29 is 13.6 Å². The average molecular weight is 461 g/mol. The maximum Gasteiger partial charge on any atom is 0.229 e. The molecule has 4 nitrogen and oxygen atoms in total. The van der Waals surface area contributed by atoms with Crippen molar-refractivity contribution >= 4 is 56.0 Å². The number of amides is 1. The molecule has 0 fully saturated rings. The Morgan fingerprint density at radius 2 is 2.00 bits per heavy atom. The molecule has 0 spiro atoms. The number of furan rings is 1. The number of aromatic nitrogens is 1. The van der Waals surface area contributed by atoms with Crippen molar-refractivity contribution in [3.8, 4) is 0 Å². The first-order chi connectivity index (χ1) is 14.6. The van der Waals surface area contributed by atoms with Crippen LogP contribution in [0.3, 0.4) is 0 Å². The molecule has 0 bridgehead atoms. The van der Waals surface area contributed by atoms with Gasteiger partial charge in [0.2, 0.25) is 5.91 Å². The van der Waals surface area contributed by atoms with Gasteiger partial charge in [0.05, 0.1) is 17.5 Å². The summed E-state index contributed by atoms with van der Waals surface area (Å²) in [5, 5.41) is 1.18. The summed E-state index contributed by atoms with van der Waals surface area (Å²) < 4.78 is 20.2. The summed E-state index contributed by atoms with van der Waals surface area (Å²) in [5.74, 6) is 0.997. The number of thioether (sulfide) groups is 1. The highest BCUT2D eigenvalue weighted by atomic mass is 35.5. The van der Waals surface area contributed by atoms with Crippen LogP contribution < -0.4 is 4.90 Å². The Morgan fingerprint density at radius 1 is 1.17 bits per heavy atom. The van der Waals surface area contributed by atoms with Crippen LogP contribution in [0.15, 0.2) is 70.2 Å². The Morgan fingerprint density at radius 3 is 2.73 bits per heavy atom. The summed E-state index contributed by atoms with van der Waals surface area (Å²) in [5.41, 5.74) is 0.285. The predicted octanol–water partition coefficient (Wildman–Crippen LogP) is 6.79. The van der Waals surface area contributed by atoms with Gasteiger partial charge in [0.25, 0.3) is 0 Å². The van der Waals surface area contributed by atoms with Gasteiger partial charge in [-0.15, -0.1) is 11.8 Å². The number of halogens is 2. The number of rotatable bonds is 8. The molecule has 0 N–H and O–H groups in total. The third kappa shape index (κ3) is 5.03. The molecule has 4 aromatic rings. The summed E-state index contributed by atoms with van der Waals surface area (Å²) in [4.78, 5) is 20.1. The lowest BCUT2D eigenvalue weighted by atomic mass is 10.3. The number of nitrogens with zero attached hydrogens (tertiary/aromatic N) is 2. The number of hydrogen-bond donors (Lipinski definition) is 0. The molecule has 1 amide bonds. The number of benzene rings is 2. The Hall–Kier alpha value is -2.35. The minimum atomic E-state index is -0.389. The molecule has 2 aromatic carbocycles. The van der Waals surface area contributed by atoms with E-state index in [4.69, 9.17) is 16.0 Å². The molecule has 0 atom stereocenters. The molecule has 0 aliphatic carbocycles. The lowest BCUT2D eigenvalue weighted by molar-refractivity contribution is -0.118. The lowest BCUT2D eigenvalue weighted by Gasteiger charge is -2.18. The van der Waals surface area contributed by atoms with Crippen molar-refractivity contribution in [2.24, 2.45) is 0 Å². The highest BCUT2D eigenvalue weighted by Crippen LogP contribution is 2.32. The van der Waals surface area contributed by atoms with E-state index in [1.807, 2.05) is 30.3 Å². The normalized spacial score (nSPS) is 11.1. The van der Waals surface area contributed by atoms with Gasteiger partial charge >= 0.3 is 0 Å². The maximum absolute atomic E-state index is 14.1. The Kier molecular flexibility index (Phi) is 6.72. The summed E-state index contributed by atoms with van der Waals surface area (Å²) in [6.07, 6.45) is 2.64. The fourth-order valence-electron chi connectivity index (χ4n) is 2.92. The van der Waals surface area contributed by atoms with Crippen LogP contribution in [0.2, 0.25) is 5.02 Å². The van der Waals surface area contributed by atoms with E-state index in [-0.39, 0.29) is 23.8 Å². The third-order valence-corrected chi connectivity index (χ3v) is 6.80. The standard InChI is InChI=1S/C22H18ClFN2O2S2/c23-15-8-10-17(11-9-15)29-13-3-7-20(27)26(14-16-4-2-12-28-16)22-25-21-18(24)5-1-6-19(21)30-22/h1-2,4-6,8-12H,3,7,13-14H2. The molecule has 2 heterocycles. The van der Waals surface area contributed by atoms with Gasteiger partial charge in [-0.2, -0.15) is 0 Å². The van der Waals surface area contributed by atoms with E-state index in [2.05, 4.69) is 4.98 Å². The van der Waals surface area contributed by atoms with Crippen LogP contribution in [0, 0.1) is 5.82 Å². The van der Waals surface area contributed by atoms with Gasteiger partial charge in [-0.25, -0.2) is 9.37 Å². The fourth-order valence-corrected chi connectivity index (χ4v) is 4.89. The van der Waals surface area contributed by atoms with Gasteiger partial charge in [0, 0.05) is 16.3 Å². The topological polar surface area (TPSA) is 46.3 Å². The van der Waals surface area contributed by atoms with E-state index in [0.717, 1.165) is 10.6 Å². The van der Waals surface area contributed by atoms with Crippen molar-refractivity contribution in [1.82, 2.24) is 4.98 Å². The minimum Gasteiger partial charge on any atom is -0.467 e. The van der Waals surface area contributed by atoms with Gasteiger partial charge < -0.3 is 4.42 Å². The molecular formula is C22H18ClFN2O2S2. The highest BCUT2D eigenvalue weighted by Gasteiger charge is 2.21. The Labute approximate surface area is 186 Å². The number of hydrogen-bond acceptors (Lipinski definition) is 5. The zero-order valence-corrected chi connectivity index (χ0v) is 18.3. The highest BCUT2D eigenvalue weighted by molar-refractivity contribution is 7.99. The SMILES string of the molecule is O=C(CCCSc1ccc(Cl)cc1)N(Cc1ccco1)c1nc2c(F)cccc2s1. The first kappa shape index (κ1) is 20.9. The van der Waals surface area contributed by atoms with E-state index in [1.54, 1.807) is 41.1 Å². The number of fused-ring (bicyclic) bond motifs is 1. The second-order valence-corrected chi connectivity index (χ2v) is 9.16. The zero-order chi connectivity index (χ0) is 20.9. The van der Waals surface area contributed by atoms with Gasteiger partial charge in [0.15, 0.2) is 5.13 Å². The van der Waals surface area contributed by atoms with Gasteiger partial charge in [-0.05, 0) is 60.7 Å². The summed E-state index contributed by atoms with van der Waals surface area (Å²) in [6.45, 7) is 0.262. The Balaban J connectivity index is 1.45. The molecule has 0 saturated heterocycles. The minimum absolute atomic E-state index is 0.0671. The monoisotopic (exact) mass is 460 g/mol. The summed E-state index contributed by atoms with van der Waals surface area (Å²) >= 11 is 8.89. The van der Waals surface area contributed by atoms with Crippen molar-refractivity contribution in [1.29, 1.82) is 0 Å².